The van der Waals surface area contributed by atoms with Crippen LogP contribution >= 0.6 is 0 Å². The van der Waals surface area contributed by atoms with Gasteiger partial charge in [-0.15, -0.1) is 0 Å². The molecule has 0 bridgehead atoms. The van der Waals surface area contributed by atoms with Crippen molar-refractivity contribution in [2.75, 3.05) is 13.7 Å². The topological polar surface area (TPSA) is 77.7 Å². The molecule has 1 unspecified atom stereocenters. The van der Waals surface area contributed by atoms with Crippen molar-refractivity contribution >= 4 is 5.91 Å². The summed E-state index contributed by atoms with van der Waals surface area (Å²) >= 11 is 0. The number of likely N-dealkylation sites (tertiary alicyclic amines) is 1. The lowest BCUT2D eigenvalue weighted by Crippen LogP contribution is -2.24. The summed E-state index contributed by atoms with van der Waals surface area (Å²) in [5.74, 6) is 1.60. The molecule has 7 nitrogen and oxygen atoms in total. The van der Waals surface area contributed by atoms with Gasteiger partial charge in [0.1, 0.15) is 5.82 Å². The zero-order chi connectivity index (χ0) is 22.0. The van der Waals surface area contributed by atoms with Crippen molar-refractivity contribution in [1.82, 2.24) is 15.0 Å². The minimum atomic E-state index is -0.298. The molecule has 4 rings (SSSR count). The van der Waals surface area contributed by atoms with E-state index < -0.39 is 0 Å². The Labute approximate surface area is 179 Å². The molecule has 1 aromatic heterocycles. The van der Waals surface area contributed by atoms with Crippen LogP contribution in [-0.4, -0.2) is 40.7 Å². The highest BCUT2D eigenvalue weighted by Gasteiger charge is 2.34. The third kappa shape index (κ3) is 4.68. The number of aromatic nitrogens is 2. The predicted molar refractivity (Wildman–Crippen MR) is 111 cm³/mol. The van der Waals surface area contributed by atoms with Crippen molar-refractivity contribution in [3.63, 3.8) is 0 Å². The highest BCUT2D eigenvalue weighted by atomic mass is 19.1. The summed E-state index contributed by atoms with van der Waals surface area (Å²) in [4.78, 5) is 18.7. The fourth-order valence-electron chi connectivity index (χ4n) is 3.58. The van der Waals surface area contributed by atoms with Crippen LogP contribution in [0.15, 0.2) is 47.0 Å². The number of hydrogen-bond acceptors (Lipinski definition) is 6. The van der Waals surface area contributed by atoms with Crippen LogP contribution < -0.4 is 9.47 Å². The van der Waals surface area contributed by atoms with Gasteiger partial charge in [0.15, 0.2) is 11.5 Å². The smallest absolute Gasteiger partial charge is 0.232 e. The Hall–Kier alpha value is -3.42. The number of benzene rings is 2. The average Bonchev–Trinajstić information content (AvgIpc) is 3.37. The lowest BCUT2D eigenvalue weighted by atomic mass is 10.1. The fraction of sp³-hybridized carbons (Fsp3) is 0.348. The number of amides is 1. The van der Waals surface area contributed by atoms with Gasteiger partial charge in [0.05, 0.1) is 19.1 Å². The standard InChI is InChI=1S/C23H24FN3O4/c1-14(2)30-19-9-6-16(10-20(19)29-3)22-25-23(31-26-22)17-11-21(28)27(13-17)12-15-4-7-18(24)8-5-15/h4-10,14,17H,11-13H2,1-3H3. The number of methoxy groups -OCH3 is 1. The summed E-state index contributed by atoms with van der Waals surface area (Å²) in [6.07, 6.45) is 0.321. The summed E-state index contributed by atoms with van der Waals surface area (Å²) < 4.78 is 29.7. The van der Waals surface area contributed by atoms with Crippen LogP contribution in [0.3, 0.4) is 0 Å². The first-order chi connectivity index (χ1) is 14.9. The molecule has 1 amide bonds. The number of hydrogen-bond donors (Lipinski definition) is 0. The molecule has 3 aromatic rings. The maximum Gasteiger partial charge on any atom is 0.232 e. The van der Waals surface area contributed by atoms with Gasteiger partial charge in [0, 0.05) is 25.1 Å². The van der Waals surface area contributed by atoms with Crippen molar-refractivity contribution in [2.24, 2.45) is 0 Å². The second-order valence-electron chi connectivity index (χ2n) is 7.79. The van der Waals surface area contributed by atoms with E-state index in [0.29, 0.717) is 42.7 Å². The monoisotopic (exact) mass is 425 g/mol. The number of rotatable bonds is 7. The summed E-state index contributed by atoms with van der Waals surface area (Å²) in [6, 6.07) is 11.6. The van der Waals surface area contributed by atoms with Gasteiger partial charge in [0.25, 0.3) is 0 Å². The number of ether oxygens (including phenoxy) is 2. The first-order valence-electron chi connectivity index (χ1n) is 10.1. The normalized spacial score (nSPS) is 16.2. The van der Waals surface area contributed by atoms with Crippen LogP contribution in [0.5, 0.6) is 11.5 Å². The van der Waals surface area contributed by atoms with E-state index in [2.05, 4.69) is 10.1 Å². The lowest BCUT2D eigenvalue weighted by Gasteiger charge is -2.15. The van der Waals surface area contributed by atoms with Crippen LogP contribution in [0.2, 0.25) is 0 Å². The van der Waals surface area contributed by atoms with Gasteiger partial charge in [-0.2, -0.15) is 4.98 Å². The highest BCUT2D eigenvalue weighted by molar-refractivity contribution is 5.79. The van der Waals surface area contributed by atoms with Crippen LogP contribution in [-0.2, 0) is 11.3 Å². The molecule has 0 N–H and O–H groups in total. The molecule has 1 saturated heterocycles. The highest BCUT2D eigenvalue weighted by Crippen LogP contribution is 2.34. The number of carbonyl (C=O) groups excluding carboxylic acids is 1. The quantitative estimate of drug-likeness (QED) is 0.565. The van der Waals surface area contributed by atoms with E-state index in [1.54, 1.807) is 30.2 Å². The Morgan fingerprint density at radius 2 is 1.97 bits per heavy atom. The molecule has 0 radical (unpaired) electrons. The molecule has 162 valence electrons. The maximum atomic E-state index is 13.1. The summed E-state index contributed by atoms with van der Waals surface area (Å²) in [5, 5.41) is 4.09. The van der Waals surface area contributed by atoms with Crippen molar-refractivity contribution in [3.8, 4) is 22.9 Å². The molecule has 1 fully saturated rings. The second-order valence-corrected chi connectivity index (χ2v) is 7.79. The van der Waals surface area contributed by atoms with Crippen LogP contribution in [0.25, 0.3) is 11.4 Å². The third-order valence-corrected chi connectivity index (χ3v) is 5.08. The maximum absolute atomic E-state index is 13.1. The minimum Gasteiger partial charge on any atom is -0.493 e. The summed E-state index contributed by atoms with van der Waals surface area (Å²) in [6.45, 7) is 4.79. The first kappa shape index (κ1) is 20.8. The van der Waals surface area contributed by atoms with E-state index in [4.69, 9.17) is 14.0 Å². The molecule has 1 aliphatic heterocycles. The number of nitrogens with zero attached hydrogens (tertiary/aromatic N) is 3. The Bertz CT molecular complexity index is 1060. The molecule has 31 heavy (non-hydrogen) atoms. The third-order valence-electron chi connectivity index (χ3n) is 5.08. The van der Waals surface area contributed by atoms with Gasteiger partial charge >= 0.3 is 0 Å². The first-order valence-corrected chi connectivity index (χ1v) is 10.1. The molecule has 1 aliphatic rings. The van der Waals surface area contributed by atoms with Crippen molar-refractivity contribution in [2.45, 2.75) is 38.8 Å². The fourth-order valence-corrected chi connectivity index (χ4v) is 3.58. The molecule has 2 aromatic carbocycles. The average molecular weight is 425 g/mol. The van der Waals surface area contributed by atoms with Crippen molar-refractivity contribution in [1.29, 1.82) is 0 Å². The van der Waals surface area contributed by atoms with Crippen molar-refractivity contribution < 1.29 is 23.2 Å². The Morgan fingerprint density at radius 3 is 2.68 bits per heavy atom. The molecule has 1 atom stereocenters. The Kier molecular flexibility index (Phi) is 5.88. The largest absolute Gasteiger partial charge is 0.493 e. The van der Waals surface area contributed by atoms with Gasteiger partial charge in [-0.25, -0.2) is 4.39 Å². The van der Waals surface area contributed by atoms with Crippen LogP contribution in [0.1, 0.15) is 37.6 Å². The summed E-state index contributed by atoms with van der Waals surface area (Å²) in [7, 11) is 1.58. The van der Waals surface area contributed by atoms with E-state index in [9.17, 15) is 9.18 Å². The molecule has 0 spiro atoms. The molecular formula is C23H24FN3O4. The van der Waals surface area contributed by atoms with Crippen LogP contribution in [0.4, 0.5) is 4.39 Å². The molecule has 0 aliphatic carbocycles. The number of halogens is 1. The molecule has 0 saturated carbocycles. The Balaban J connectivity index is 1.47. The lowest BCUT2D eigenvalue weighted by molar-refractivity contribution is -0.128. The van der Waals surface area contributed by atoms with Crippen LogP contribution in [0, 0.1) is 5.82 Å². The van der Waals surface area contributed by atoms with Gasteiger partial charge in [-0.1, -0.05) is 17.3 Å². The van der Waals surface area contributed by atoms with E-state index in [-0.39, 0.29) is 23.7 Å². The van der Waals surface area contributed by atoms with E-state index >= 15 is 0 Å². The van der Waals surface area contributed by atoms with Gasteiger partial charge < -0.3 is 18.9 Å². The zero-order valence-corrected chi connectivity index (χ0v) is 17.7. The van der Waals surface area contributed by atoms with Gasteiger partial charge in [0.2, 0.25) is 17.6 Å². The molecule has 8 heteroatoms. The van der Waals surface area contributed by atoms with Crippen molar-refractivity contribution in [3.05, 3.63) is 59.7 Å². The SMILES string of the molecule is COc1cc(-c2noc(C3CC(=O)N(Cc4ccc(F)cc4)C3)n2)ccc1OC(C)C. The Morgan fingerprint density at radius 1 is 1.19 bits per heavy atom. The predicted octanol–water partition coefficient (Wildman–Crippen LogP) is 4.19. The summed E-state index contributed by atoms with van der Waals surface area (Å²) in [5.41, 5.74) is 1.60. The van der Waals surface area contributed by atoms with E-state index in [1.807, 2.05) is 26.0 Å². The minimum absolute atomic E-state index is 0.00549. The molecule has 2 heterocycles. The van der Waals surface area contributed by atoms with Gasteiger partial charge in [-0.05, 0) is 49.7 Å². The zero-order valence-electron chi connectivity index (χ0n) is 17.7. The number of carbonyl (C=O) groups is 1. The van der Waals surface area contributed by atoms with E-state index in [1.165, 1.54) is 12.1 Å². The second kappa shape index (κ2) is 8.75. The van der Waals surface area contributed by atoms with Gasteiger partial charge in [-0.3, -0.25) is 4.79 Å². The molecular weight excluding hydrogens is 401 g/mol. The van der Waals surface area contributed by atoms with E-state index in [0.717, 1.165) is 11.1 Å².